The molecule has 0 aliphatic heterocycles. The number of hydrazine groups is 1. The van der Waals surface area contributed by atoms with Gasteiger partial charge < -0.3 is 4.74 Å². The maximum atomic E-state index is 10.6. The third kappa shape index (κ3) is 5.65. The number of hydrogen-bond acceptors (Lipinski definition) is 3. The van der Waals surface area contributed by atoms with Gasteiger partial charge in [0.05, 0.1) is 5.88 Å². The summed E-state index contributed by atoms with van der Waals surface area (Å²) in [7, 11) is 3.39. The van der Waals surface area contributed by atoms with Gasteiger partial charge in [0.15, 0.2) is 0 Å². The molecule has 4 nitrogen and oxygen atoms in total. The van der Waals surface area contributed by atoms with Gasteiger partial charge in [-0.1, -0.05) is 0 Å². The number of ether oxygens (including phenoxy) is 1. The normalized spacial score (nSPS) is 9.60. The zero-order chi connectivity index (χ0) is 7.98. The standard InChI is InChI=1S/C5H11ClN2O2/c1-8(2)7-5(9)10-4-3-6/h3-4H2,1-2H3,(H,7,9). The molecule has 0 heterocycles. The topological polar surface area (TPSA) is 41.6 Å². The number of nitrogens with one attached hydrogen (secondary N) is 1. The summed E-state index contributed by atoms with van der Waals surface area (Å²) in [4.78, 5) is 10.6. The van der Waals surface area contributed by atoms with E-state index in [4.69, 9.17) is 11.6 Å². The van der Waals surface area contributed by atoms with Gasteiger partial charge in [-0.2, -0.15) is 0 Å². The molecule has 1 amide bonds. The van der Waals surface area contributed by atoms with Crippen molar-refractivity contribution in [2.75, 3.05) is 26.6 Å². The molecule has 0 aromatic carbocycles. The molecule has 0 rings (SSSR count). The molecule has 0 unspecified atom stereocenters. The van der Waals surface area contributed by atoms with Gasteiger partial charge >= 0.3 is 6.09 Å². The molecule has 0 saturated carbocycles. The smallest absolute Gasteiger partial charge is 0.421 e. The van der Waals surface area contributed by atoms with Gasteiger partial charge in [-0.05, 0) is 0 Å². The largest absolute Gasteiger partial charge is 0.447 e. The summed E-state index contributed by atoms with van der Waals surface area (Å²) in [5.41, 5.74) is 2.39. The molecule has 0 atom stereocenters. The summed E-state index contributed by atoms with van der Waals surface area (Å²) in [5.74, 6) is 0.320. The van der Waals surface area contributed by atoms with Crippen molar-refractivity contribution >= 4 is 17.7 Å². The van der Waals surface area contributed by atoms with E-state index in [1.54, 1.807) is 14.1 Å². The molecule has 10 heavy (non-hydrogen) atoms. The van der Waals surface area contributed by atoms with E-state index in [2.05, 4.69) is 10.2 Å². The van der Waals surface area contributed by atoms with Crippen LogP contribution >= 0.6 is 11.6 Å². The van der Waals surface area contributed by atoms with Crippen molar-refractivity contribution in [1.29, 1.82) is 0 Å². The molecule has 0 fully saturated rings. The molecule has 0 bridgehead atoms. The van der Waals surface area contributed by atoms with E-state index in [1.807, 2.05) is 0 Å². The Hall–Kier alpha value is -0.480. The minimum Gasteiger partial charge on any atom is -0.447 e. The van der Waals surface area contributed by atoms with Crippen LogP contribution in [0.3, 0.4) is 0 Å². The second-order valence-corrected chi connectivity index (χ2v) is 2.21. The van der Waals surface area contributed by atoms with Crippen LogP contribution in [0.15, 0.2) is 0 Å². The SMILES string of the molecule is CN(C)NC(=O)OCCCl. The molecule has 1 N–H and O–H groups in total. The number of hydrogen-bond donors (Lipinski definition) is 1. The van der Waals surface area contributed by atoms with Crippen LogP contribution in [-0.4, -0.2) is 37.7 Å². The Labute approximate surface area is 65.1 Å². The number of halogens is 1. The third-order valence-corrected chi connectivity index (χ3v) is 0.780. The summed E-state index contributed by atoms with van der Waals surface area (Å²) in [6, 6.07) is 0. The van der Waals surface area contributed by atoms with Gasteiger partial charge in [-0.3, -0.25) is 5.43 Å². The summed E-state index contributed by atoms with van der Waals surface area (Å²) in [5, 5.41) is 1.50. The van der Waals surface area contributed by atoms with Crippen LogP contribution in [0.4, 0.5) is 4.79 Å². The van der Waals surface area contributed by atoms with Crippen LogP contribution in [0.1, 0.15) is 0 Å². The van der Waals surface area contributed by atoms with Crippen LogP contribution in [0.25, 0.3) is 0 Å². The Morgan fingerprint density at radius 3 is 2.70 bits per heavy atom. The van der Waals surface area contributed by atoms with Crippen molar-refractivity contribution < 1.29 is 9.53 Å². The monoisotopic (exact) mass is 166 g/mol. The lowest BCUT2D eigenvalue weighted by Gasteiger charge is -2.10. The van der Waals surface area contributed by atoms with Crippen molar-refractivity contribution in [3.05, 3.63) is 0 Å². The first-order valence-electron chi connectivity index (χ1n) is 2.83. The maximum Gasteiger partial charge on any atom is 0.421 e. The van der Waals surface area contributed by atoms with Crippen LogP contribution in [0.2, 0.25) is 0 Å². The number of nitrogens with zero attached hydrogens (tertiary/aromatic N) is 1. The van der Waals surface area contributed by atoms with Crippen molar-refractivity contribution in [3.8, 4) is 0 Å². The fraction of sp³-hybridized carbons (Fsp3) is 0.800. The summed E-state index contributed by atoms with van der Waals surface area (Å²) in [6.07, 6.45) is -0.481. The zero-order valence-electron chi connectivity index (χ0n) is 6.06. The Kier molecular flexibility index (Phi) is 5.06. The summed E-state index contributed by atoms with van der Waals surface area (Å²) < 4.78 is 4.58. The van der Waals surface area contributed by atoms with Crippen molar-refractivity contribution in [2.24, 2.45) is 0 Å². The molecule has 5 heteroatoms. The van der Waals surface area contributed by atoms with Crippen molar-refractivity contribution in [1.82, 2.24) is 10.4 Å². The highest BCUT2D eigenvalue weighted by Crippen LogP contribution is 1.80. The van der Waals surface area contributed by atoms with Gasteiger partial charge in [0.25, 0.3) is 0 Å². The van der Waals surface area contributed by atoms with E-state index in [0.29, 0.717) is 5.88 Å². The molecular weight excluding hydrogens is 156 g/mol. The highest BCUT2D eigenvalue weighted by atomic mass is 35.5. The van der Waals surface area contributed by atoms with Gasteiger partial charge in [0, 0.05) is 14.1 Å². The second kappa shape index (κ2) is 5.32. The number of carbonyl (C=O) groups is 1. The van der Waals surface area contributed by atoms with Gasteiger partial charge in [0.2, 0.25) is 0 Å². The highest BCUT2D eigenvalue weighted by Gasteiger charge is 1.99. The second-order valence-electron chi connectivity index (χ2n) is 1.83. The van der Waals surface area contributed by atoms with E-state index in [1.165, 1.54) is 5.01 Å². The van der Waals surface area contributed by atoms with Gasteiger partial charge in [-0.25, -0.2) is 9.80 Å². The summed E-state index contributed by atoms with van der Waals surface area (Å²) in [6.45, 7) is 0.237. The first-order chi connectivity index (χ1) is 4.66. The number of alkyl halides is 1. The third-order valence-electron chi connectivity index (χ3n) is 0.625. The van der Waals surface area contributed by atoms with Gasteiger partial charge in [-0.15, -0.1) is 11.6 Å². The molecule has 0 aliphatic carbocycles. The lowest BCUT2D eigenvalue weighted by molar-refractivity contribution is 0.128. The van der Waals surface area contributed by atoms with Crippen LogP contribution < -0.4 is 5.43 Å². The fourth-order valence-electron chi connectivity index (χ4n) is 0.346. The predicted octanol–water partition coefficient (Wildman–Crippen LogP) is 0.428. The maximum absolute atomic E-state index is 10.6. The van der Waals surface area contributed by atoms with E-state index in [0.717, 1.165) is 0 Å². The van der Waals surface area contributed by atoms with Gasteiger partial charge in [0.1, 0.15) is 6.61 Å². The lowest BCUT2D eigenvalue weighted by atomic mass is 10.8. The average molecular weight is 167 g/mol. The van der Waals surface area contributed by atoms with E-state index >= 15 is 0 Å². The van der Waals surface area contributed by atoms with Crippen molar-refractivity contribution in [2.45, 2.75) is 0 Å². The van der Waals surface area contributed by atoms with Crippen molar-refractivity contribution in [3.63, 3.8) is 0 Å². The molecule has 0 radical (unpaired) electrons. The molecule has 0 saturated heterocycles. The number of amides is 1. The quantitative estimate of drug-likeness (QED) is 0.488. The van der Waals surface area contributed by atoms with Crippen LogP contribution in [0.5, 0.6) is 0 Å². The Balaban J connectivity index is 3.26. The fourth-order valence-corrected chi connectivity index (χ4v) is 0.423. The zero-order valence-corrected chi connectivity index (χ0v) is 6.81. The molecule has 0 aliphatic rings. The number of rotatable bonds is 3. The van der Waals surface area contributed by atoms with E-state index in [-0.39, 0.29) is 6.61 Å². The molecule has 0 aromatic heterocycles. The Morgan fingerprint density at radius 2 is 2.30 bits per heavy atom. The lowest BCUT2D eigenvalue weighted by Crippen LogP contribution is -2.36. The van der Waals surface area contributed by atoms with E-state index in [9.17, 15) is 4.79 Å². The first-order valence-corrected chi connectivity index (χ1v) is 3.37. The Morgan fingerprint density at radius 1 is 1.70 bits per heavy atom. The highest BCUT2D eigenvalue weighted by molar-refractivity contribution is 6.18. The molecule has 0 aromatic rings. The number of carbonyl (C=O) groups excluding carboxylic acids is 1. The molecular formula is C5H11ClN2O2. The Bertz CT molecular complexity index is 108. The first kappa shape index (κ1) is 9.52. The van der Waals surface area contributed by atoms with Crippen LogP contribution in [-0.2, 0) is 4.74 Å². The molecule has 60 valence electrons. The minimum atomic E-state index is -0.481. The van der Waals surface area contributed by atoms with Crippen LogP contribution in [0, 0.1) is 0 Å². The average Bonchev–Trinajstić information content (AvgIpc) is 1.82. The summed E-state index contributed by atoms with van der Waals surface area (Å²) >= 11 is 5.26. The van der Waals surface area contributed by atoms with E-state index < -0.39 is 6.09 Å². The molecule has 0 spiro atoms. The predicted molar refractivity (Wildman–Crippen MR) is 38.9 cm³/mol. The minimum absolute atomic E-state index is 0.237.